The highest BCUT2D eigenvalue weighted by atomic mass is 16.5. The minimum atomic E-state index is -0.0323. The molecule has 0 saturated carbocycles. The average Bonchev–Trinajstić information content (AvgIpc) is 3.59. The van der Waals surface area contributed by atoms with Crippen molar-refractivity contribution >= 4 is 17.9 Å². The number of likely N-dealkylation sites (tertiary alicyclic amines) is 1. The van der Waals surface area contributed by atoms with E-state index in [4.69, 9.17) is 10.5 Å². The van der Waals surface area contributed by atoms with Crippen molar-refractivity contribution in [3.05, 3.63) is 95.8 Å². The van der Waals surface area contributed by atoms with Crippen molar-refractivity contribution in [1.29, 1.82) is 0 Å². The zero-order valence-corrected chi connectivity index (χ0v) is 20.2. The zero-order chi connectivity index (χ0) is 24.6. The van der Waals surface area contributed by atoms with Crippen LogP contribution in [0, 0.1) is 5.92 Å². The summed E-state index contributed by atoms with van der Waals surface area (Å²) in [7, 11) is 0. The average molecular weight is 480 g/mol. The lowest BCUT2D eigenvalue weighted by Crippen LogP contribution is -2.37. The van der Waals surface area contributed by atoms with Gasteiger partial charge in [-0.05, 0) is 41.7 Å². The maximum Gasteiger partial charge on any atom is 0.219 e. The van der Waals surface area contributed by atoms with Gasteiger partial charge in [0.05, 0.1) is 18.2 Å². The molecule has 0 aliphatic carbocycles. The van der Waals surface area contributed by atoms with Crippen LogP contribution in [0.15, 0.2) is 89.6 Å². The topological polar surface area (TPSA) is 85.7 Å². The van der Waals surface area contributed by atoms with E-state index >= 15 is 0 Å². The van der Waals surface area contributed by atoms with Gasteiger partial charge in [0.1, 0.15) is 5.76 Å². The number of rotatable bonds is 4. The third-order valence-corrected chi connectivity index (χ3v) is 7.41. The van der Waals surface area contributed by atoms with Gasteiger partial charge in [0.2, 0.25) is 5.91 Å². The normalized spacial score (nSPS) is 21.8. The maximum absolute atomic E-state index is 11.7. The first kappa shape index (κ1) is 22.3. The van der Waals surface area contributed by atoms with Crippen LogP contribution in [0.3, 0.4) is 0 Å². The van der Waals surface area contributed by atoms with Gasteiger partial charge in [-0.2, -0.15) is 5.10 Å². The summed E-state index contributed by atoms with van der Waals surface area (Å²) in [5.41, 5.74) is 10.7. The van der Waals surface area contributed by atoms with Gasteiger partial charge in [0.25, 0.3) is 0 Å². The van der Waals surface area contributed by atoms with Crippen LogP contribution in [0.2, 0.25) is 0 Å². The highest BCUT2D eigenvalue weighted by molar-refractivity contribution is 5.77. The van der Waals surface area contributed by atoms with Gasteiger partial charge < -0.3 is 15.4 Å². The lowest BCUT2D eigenvalue weighted by molar-refractivity contribution is -0.130. The van der Waals surface area contributed by atoms with Crippen molar-refractivity contribution < 1.29 is 9.53 Å². The molecule has 0 spiro atoms. The number of aromatic nitrogens is 2. The second-order valence-electron chi connectivity index (χ2n) is 9.65. The quantitative estimate of drug-likeness (QED) is 0.587. The molecule has 36 heavy (non-hydrogen) atoms. The Morgan fingerprint density at radius 1 is 1.00 bits per heavy atom. The van der Waals surface area contributed by atoms with Crippen LogP contribution >= 0.6 is 0 Å². The number of allylic oxidation sites excluding steroid dienone is 1. The Kier molecular flexibility index (Phi) is 5.68. The Hall–Kier alpha value is -4.13. The van der Waals surface area contributed by atoms with Gasteiger partial charge in [0.15, 0.2) is 11.6 Å². The van der Waals surface area contributed by atoms with Crippen molar-refractivity contribution in [3.63, 3.8) is 0 Å². The van der Waals surface area contributed by atoms with E-state index < -0.39 is 0 Å². The van der Waals surface area contributed by atoms with Crippen LogP contribution in [0.25, 0.3) is 16.9 Å². The number of nitrogens with two attached hydrogens (primary N) is 1. The number of carbonyl (C=O) groups is 1. The van der Waals surface area contributed by atoms with Crippen molar-refractivity contribution in [3.8, 4) is 11.1 Å². The highest BCUT2D eigenvalue weighted by Crippen LogP contribution is 2.44. The van der Waals surface area contributed by atoms with Crippen LogP contribution in [0.4, 0.5) is 0 Å². The molecule has 182 valence electrons. The first-order valence-electron chi connectivity index (χ1n) is 12.5. The molecule has 4 heterocycles. The number of carbonyl (C=O) groups excluding carboxylic acids is 1. The third-order valence-electron chi connectivity index (χ3n) is 7.41. The van der Waals surface area contributed by atoms with Gasteiger partial charge in [-0.25, -0.2) is 4.99 Å². The summed E-state index contributed by atoms with van der Waals surface area (Å²) in [6, 6.07) is 19.0. The first-order chi connectivity index (χ1) is 17.6. The minimum absolute atomic E-state index is 0.00633. The van der Waals surface area contributed by atoms with Crippen LogP contribution < -0.4 is 5.73 Å². The molecule has 1 aromatic heterocycles. The molecule has 1 saturated heterocycles. The number of piperidine rings is 1. The van der Waals surface area contributed by atoms with Crippen LogP contribution in [0.5, 0.6) is 0 Å². The molecule has 2 atom stereocenters. The monoisotopic (exact) mass is 479 g/mol. The standard InChI is InChI=1S/C29H29N5O2/c1-19(35)33-12-10-24(11-13-33)34-18-23(16-32-34)26-17-31-29(30)28-25(26)15-27(36-28)22-9-5-8-21(14-22)20-6-3-2-4-7-20/h2-9,14-18,24-26H,10-13,30H2,1H3. The smallest absolute Gasteiger partial charge is 0.219 e. The number of aliphatic imine (C=N–C) groups is 1. The minimum Gasteiger partial charge on any atom is -0.457 e. The molecule has 3 aromatic rings. The Morgan fingerprint density at radius 2 is 1.75 bits per heavy atom. The number of fused-ring (bicyclic) bond motifs is 1. The lowest BCUT2D eigenvalue weighted by Gasteiger charge is -2.31. The van der Waals surface area contributed by atoms with Crippen LogP contribution in [0.1, 0.15) is 42.9 Å². The molecule has 7 nitrogen and oxygen atoms in total. The summed E-state index contributed by atoms with van der Waals surface area (Å²) in [6.07, 6.45) is 9.93. The van der Waals surface area contributed by atoms with E-state index in [-0.39, 0.29) is 17.7 Å². The molecule has 6 rings (SSSR count). The van der Waals surface area contributed by atoms with E-state index in [0.29, 0.717) is 17.6 Å². The molecule has 3 aliphatic rings. The number of hydrogen-bond acceptors (Lipinski definition) is 5. The number of benzene rings is 2. The number of amides is 1. The van der Waals surface area contributed by atoms with Crippen LogP contribution in [-0.4, -0.2) is 39.9 Å². The molecular weight excluding hydrogens is 450 g/mol. The van der Waals surface area contributed by atoms with Gasteiger partial charge in [-0.15, -0.1) is 0 Å². The number of ether oxygens (including phenoxy) is 1. The number of nitrogens with zero attached hydrogens (tertiary/aromatic N) is 4. The second-order valence-corrected chi connectivity index (χ2v) is 9.65. The molecule has 2 aromatic carbocycles. The highest BCUT2D eigenvalue weighted by Gasteiger charge is 2.37. The fourth-order valence-corrected chi connectivity index (χ4v) is 5.37. The molecule has 2 unspecified atom stereocenters. The Labute approximate surface area is 210 Å². The van der Waals surface area contributed by atoms with Gasteiger partial charge in [-0.3, -0.25) is 9.48 Å². The fourth-order valence-electron chi connectivity index (χ4n) is 5.37. The first-order valence-corrected chi connectivity index (χ1v) is 12.5. The summed E-state index contributed by atoms with van der Waals surface area (Å²) in [4.78, 5) is 18.0. The van der Waals surface area contributed by atoms with Crippen LogP contribution in [-0.2, 0) is 9.53 Å². The molecule has 3 aliphatic heterocycles. The van der Waals surface area contributed by atoms with Gasteiger partial charge in [0, 0.05) is 43.9 Å². The van der Waals surface area contributed by atoms with E-state index in [1.54, 1.807) is 6.92 Å². The van der Waals surface area contributed by atoms with E-state index in [2.05, 4.69) is 58.8 Å². The molecule has 1 fully saturated rings. The van der Waals surface area contributed by atoms with Crippen molar-refractivity contribution in [1.82, 2.24) is 14.7 Å². The molecule has 7 heteroatoms. The van der Waals surface area contributed by atoms with Gasteiger partial charge in [-0.1, -0.05) is 48.5 Å². The summed E-state index contributed by atoms with van der Waals surface area (Å²) in [6.45, 7) is 3.18. The van der Waals surface area contributed by atoms with Crippen molar-refractivity contribution in [2.24, 2.45) is 16.6 Å². The maximum atomic E-state index is 11.7. The fraction of sp³-hybridized carbons (Fsp3) is 0.276. The number of hydrogen-bond donors (Lipinski definition) is 1. The SMILES string of the molecule is CC(=O)N1CCC(n2cc(C3C=NC(N)=C4OC(c5cccc(-c6ccccc6)c5)=CC43)cn2)CC1. The van der Waals surface area contributed by atoms with E-state index in [9.17, 15) is 4.79 Å². The Bertz CT molecular complexity index is 1380. The van der Waals surface area contributed by atoms with Gasteiger partial charge >= 0.3 is 0 Å². The molecule has 2 N–H and O–H groups in total. The summed E-state index contributed by atoms with van der Waals surface area (Å²) in [5, 5.41) is 4.68. The molecule has 0 radical (unpaired) electrons. The van der Waals surface area contributed by atoms with Crippen molar-refractivity contribution in [2.45, 2.75) is 31.7 Å². The summed E-state index contributed by atoms with van der Waals surface area (Å²) >= 11 is 0. The predicted octanol–water partition coefficient (Wildman–Crippen LogP) is 4.72. The zero-order valence-electron chi connectivity index (χ0n) is 20.2. The Balaban J connectivity index is 1.25. The van der Waals surface area contributed by atoms with Crippen molar-refractivity contribution in [2.75, 3.05) is 13.1 Å². The third kappa shape index (κ3) is 4.11. The second kappa shape index (κ2) is 9.15. The summed E-state index contributed by atoms with van der Waals surface area (Å²) in [5.74, 6) is 2.03. The summed E-state index contributed by atoms with van der Waals surface area (Å²) < 4.78 is 8.35. The van der Waals surface area contributed by atoms with E-state index in [0.717, 1.165) is 53.9 Å². The predicted molar refractivity (Wildman–Crippen MR) is 140 cm³/mol. The molecule has 0 bridgehead atoms. The molecular formula is C29H29N5O2. The largest absolute Gasteiger partial charge is 0.457 e. The van der Waals surface area contributed by atoms with E-state index in [1.807, 2.05) is 40.2 Å². The lowest BCUT2D eigenvalue weighted by atomic mass is 9.85. The Morgan fingerprint density at radius 3 is 2.53 bits per heavy atom. The van der Waals surface area contributed by atoms with E-state index in [1.165, 1.54) is 0 Å². The molecule has 1 amide bonds.